The number of aryl methyl sites for hydroxylation is 3. The van der Waals surface area contributed by atoms with Gasteiger partial charge in [-0.2, -0.15) is 0 Å². The quantitative estimate of drug-likeness (QED) is 0.345. The van der Waals surface area contributed by atoms with E-state index in [2.05, 4.69) is 24.5 Å². The molecule has 3 unspecified atom stereocenters. The van der Waals surface area contributed by atoms with Crippen LogP contribution in [0.25, 0.3) is 0 Å². The van der Waals surface area contributed by atoms with Crippen LogP contribution >= 0.6 is 0 Å². The number of hydrogen-bond acceptors (Lipinski definition) is 6. The molecule has 41 heavy (non-hydrogen) atoms. The first kappa shape index (κ1) is 28.3. The van der Waals surface area contributed by atoms with Gasteiger partial charge in [0.2, 0.25) is 0 Å². The molecule has 4 amide bonds. The number of benzene rings is 2. The first-order valence-corrected chi connectivity index (χ1v) is 14.1. The van der Waals surface area contributed by atoms with E-state index in [0.29, 0.717) is 47.1 Å². The average molecular weight is 556 g/mol. The summed E-state index contributed by atoms with van der Waals surface area (Å²) in [6.07, 6.45) is 4.64. The maximum Gasteiger partial charge on any atom is 0.255 e. The van der Waals surface area contributed by atoms with Crippen molar-refractivity contribution in [3.63, 3.8) is 0 Å². The van der Waals surface area contributed by atoms with Gasteiger partial charge in [0.05, 0.1) is 0 Å². The Hall–Kier alpha value is -4.20. The number of rotatable bonds is 6. The van der Waals surface area contributed by atoms with Gasteiger partial charge in [0.15, 0.2) is 0 Å². The smallest absolute Gasteiger partial charge is 0.255 e. The van der Waals surface area contributed by atoms with E-state index in [9.17, 15) is 19.2 Å². The van der Waals surface area contributed by atoms with Crippen LogP contribution in [0.3, 0.4) is 0 Å². The summed E-state index contributed by atoms with van der Waals surface area (Å²) in [6, 6.07) is 9.52. The predicted octanol–water partition coefficient (Wildman–Crippen LogP) is 4.85. The maximum atomic E-state index is 13.5. The Labute approximate surface area is 240 Å². The summed E-state index contributed by atoms with van der Waals surface area (Å²) in [7, 11) is 0. The molecule has 8 nitrogen and oxygen atoms in total. The topological polar surface area (TPSA) is 128 Å². The van der Waals surface area contributed by atoms with Crippen molar-refractivity contribution in [2.75, 3.05) is 5.73 Å². The number of nitrogen functional groups attached to an aromatic ring is 1. The van der Waals surface area contributed by atoms with Crippen molar-refractivity contribution in [2.24, 2.45) is 17.3 Å². The van der Waals surface area contributed by atoms with Crippen molar-refractivity contribution in [1.82, 2.24) is 10.6 Å². The molecule has 214 valence electrons. The Morgan fingerprint density at radius 3 is 1.98 bits per heavy atom. The summed E-state index contributed by atoms with van der Waals surface area (Å²) in [5.41, 5.74) is 8.74. The van der Waals surface area contributed by atoms with E-state index >= 15 is 0 Å². The number of ether oxygens (including phenoxy) is 1. The molecule has 5 rings (SSSR count). The molecule has 3 aliphatic rings. The van der Waals surface area contributed by atoms with Crippen LogP contribution in [0.2, 0.25) is 0 Å². The number of nitrogens with two attached hydrogens (primary N) is 1. The number of carbonyl (C=O) groups excluding carboxylic acids is 4. The third kappa shape index (κ3) is 4.55. The van der Waals surface area contributed by atoms with Crippen LogP contribution in [0.15, 0.2) is 53.6 Å². The lowest BCUT2D eigenvalue weighted by Gasteiger charge is -2.56. The summed E-state index contributed by atoms with van der Waals surface area (Å²) in [5, 5.41) is 4.85. The van der Waals surface area contributed by atoms with Gasteiger partial charge < -0.3 is 10.5 Å². The molecule has 0 aromatic heterocycles. The number of nitrogens with one attached hydrogen (secondary N) is 2. The van der Waals surface area contributed by atoms with Crippen LogP contribution in [-0.2, 0) is 24.6 Å². The van der Waals surface area contributed by atoms with Crippen molar-refractivity contribution in [3.8, 4) is 11.5 Å². The zero-order valence-electron chi connectivity index (χ0n) is 24.4. The molecule has 2 aliphatic heterocycles. The second-order valence-electron chi connectivity index (χ2n) is 12.3. The van der Waals surface area contributed by atoms with Crippen LogP contribution in [0.4, 0.5) is 5.69 Å². The Morgan fingerprint density at radius 2 is 1.46 bits per heavy atom. The minimum atomic E-state index is -1.06. The van der Waals surface area contributed by atoms with Crippen LogP contribution < -0.4 is 21.1 Å². The minimum Gasteiger partial charge on any atom is -0.457 e. The van der Waals surface area contributed by atoms with Gasteiger partial charge in [0.1, 0.15) is 11.5 Å². The van der Waals surface area contributed by atoms with E-state index in [4.69, 9.17) is 10.5 Å². The Morgan fingerprint density at radius 1 is 0.878 bits per heavy atom. The van der Waals surface area contributed by atoms with Crippen molar-refractivity contribution < 1.29 is 23.9 Å². The molecule has 0 radical (unpaired) electrons. The third-order valence-electron chi connectivity index (χ3n) is 9.45. The Bertz CT molecular complexity index is 1550. The van der Waals surface area contributed by atoms with Crippen molar-refractivity contribution in [3.05, 3.63) is 75.9 Å². The molecule has 0 spiro atoms. The molecule has 1 saturated carbocycles. The first-order chi connectivity index (χ1) is 19.3. The molecule has 1 aliphatic carbocycles. The third-order valence-corrected chi connectivity index (χ3v) is 9.45. The van der Waals surface area contributed by atoms with Crippen molar-refractivity contribution >= 4 is 29.3 Å². The minimum absolute atomic E-state index is 0.211. The van der Waals surface area contributed by atoms with Gasteiger partial charge in [-0.3, -0.25) is 29.8 Å². The number of imide groups is 2. The summed E-state index contributed by atoms with van der Waals surface area (Å²) >= 11 is 0. The number of hydrogen-bond donors (Lipinski definition) is 3. The summed E-state index contributed by atoms with van der Waals surface area (Å²) < 4.78 is 6.33. The highest BCUT2D eigenvalue weighted by Crippen LogP contribution is 2.63. The fraction of sp³-hybridized carbons (Fsp3) is 0.394. The highest BCUT2D eigenvalue weighted by molar-refractivity contribution is 6.19. The van der Waals surface area contributed by atoms with Crippen LogP contribution in [0.5, 0.6) is 11.5 Å². The van der Waals surface area contributed by atoms with Crippen LogP contribution in [0, 0.1) is 38.0 Å². The normalized spacial score (nSPS) is 26.2. The second-order valence-corrected chi connectivity index (χ2v) is 12.3. The molecule has 2 heterocycles. The molecule has 4 N–H and O–H groups in total. The van der Waals surface area contributed by atoms with Gasteiger partial charge in [0, 0.05) is 39.8 Å². The lowest BCUT2D eigenvalue weighted by molar-refractivity contribution is -0.127. The summed E-state index contributed by atoms with van der Waals surface area (Å²) in [6.45, 7) is 12.1. The van der Waals surface area contributed by atoms with Crippen molar-refractivity contribution in [1.29, 1.82) is 0 Å². The lowest BCUT2D eigenvalue weighted by Crippen LogP contribution is -2.54. The fourth-order valence-electron chi connectivity index (χ4n) is 7.08. The maximum absolute atomic E-state index is 13.5. The molecule has 0 bridgehead atoms. The second kappa shape index (κ2) is 10.0. The van der Waals surface area contributed by atoms with Gasteiger partial charge in [-0.05, 0) is 92.3 Å². The van der Waals surface area contributed by atoms with Crippen LogP contribution in [-0.4, -0.2) is 23.6 Å². The molecule has 2 aromatic carbocycles. The van der Waals surface area contributed by atoms with E-state index in [0.717, 1.165) is 28.7 Å². The van der Waals surface area contributed by atoms with E-state index in [1.165, 1.54) is 12.2 Å². The number of anilines is 1. The molecular formula is C33H37N3O5. The molecule has 1 fully saturated rings. The van der Waals surface area contributed by atoms with Crippen LogP contribution in [0.1, 0.15) is 62.3 Å². The van der Waals surface area contributed by atoms with Gasteiger partial charge in [-0.15, -0.1) is 0 Å². The van der Waals surface area contributed by atoms with E-state index in [1.807, 2.05) is 58.0 Å². The van der Waals surface area contributed by atoms with E-state index in [-0.39, 0.29) is 5.92 Å². The fourth-order valence-corrected chi connectivity index (χ4v) is 7.08. The average Bonchev–Trinajstić information content (AvgIpc) is 3.43. The highest BCUT2D eigenvalue weighted by Gasteiger charge is 2.61. The Balaban J connectivity index is 1.75. The highest BCUT2D eigenvalue weighted by atomic mass is 16.5. The van der Waals surface area contributed by atoms with Gasteiger partial charge >= 0.3 is 0 Å². The standard InChI is InChI=1S/C33H37N3O5/c1-17(2)21-9-10-32(6,24-14-27(37)35-30(24)39)33(16-21,25-15-28(38)36-31(25)40)22-11-19(4)29(20(5)12-22)41-23-7-8-26(34)18(3)13-23/h7-8,11-15,17,21H,9-10,16,34H2,1-6H3,(H,35,37,39)(H,36,38,40). The molecule has 0 saturated heterocycles. The van der Waals surface area contributed by atoms with Gasteiger partial charge in [0.25, 0.3) is 23.6 Å². The molecule has 3 atom stereocenters. The SMILES string of the molecule is Cc1cc(Oc2c(C)cc(C3(C4=CC(=O)NC4=O)CC(C(C)C)CCC3(C)C3=CC(=O)NC3=O)cc2C)ccc1N. The Kier molecular flexibility index (Phi) is 6.92. The van der Waals surface area contributed by atoms with E-state index in [1.54, 1.807) is 0 Å². The first-order valence-electron chi connectivity index (χ1n) is 14.1. The van der Waals surface area contributed by atoms with Crippen molar-refractivity contribution in [2.45, 2.75) is 66.2 Å². The van der Waals surface area contributed by atoms with E-state index < -0.39 is 34.5 Å². The lowest BCUT2D eigenvalue weighted by atomic mass is 9.46. The molecule has 8 heteroatoms. The zero-order chi connectivity index (χ0) is 29.9. The monoisotopic (exact) mass is 555 g/mol. The molecular weight excluding hydrogens is 518 g/mol. The van der Waals surface area contributed by atoms with Gasteiger partial charge in [-0.25, -0.2) is 0 Å². The largest absolute Gasteiger partial charge is 0.457 e. The van der Waals surface area contributed by atoms with Gasteiger partial charge in [-0.1, -0.05) is 32.9 Å². The number of carbonyl (C=O) groups is 4. The molecule has 2 aromatic rings. The summed E-state index contributed by atoms with van der Waals surface area (Å²) in [4.78, 5) is 51.7. The predicted molar refractivity (Wildman–Crippen MR) is 156 cm³/mol. The zero-order valence-corrected chi connectivity index (χ0v) is 24.4. The number of amides is 4. The summed E-state index contributed by atoms with van der Waals surface area (Å²) in [5.74, 6) is -0.0316.